The van der Waals surface area contributed by atoms with Crippen molar-refractivity contribution < 1.29 is 24.2 Å². The van der Waals surface area contributed by atoms with Crippen molar-refractivity contribution >= 4 is 29.1 Å². The summed E-state index contributed by atoms with van der Waals surface area (Å²) in [6.45, 7) is 19.3. The lowest BCUT2D eigenvalue weighted by molar-refractivity contribution is -0.151. The molecule has 9 heteroatoms. The van der Waals surface area contributed by atoms with E-state index in [1.165, 1.54) is 0 Å². The molecule has 3 aliphatic heterocycles. The third kappa shape index (κ3) is 5.69. The standard InChI is InChI=1S/C35H52N4O5/c1-7-21-37(22-8-2)31(41)28-29-32(42)39(24-13-14-25-40)30(35(29)20-19-34(28,10-4)44-35)33(43)38(23-9-3)27-17-15-26(16-18-27)36(11-5)12-6/h7,9,15-18,28-30,40H,1,3,8,10-14,19-25H2,2,4-6H3/t28-,29-,30?,34+,35?/m0/s1. The lowest BCUT2D eigenvalue weighted by Crippen LogP contribution is -2.56. The number of likely N-dealkylation sites (tertiary alicyclic amines) is 1. The van der Waals surface area contributed by atoms with Gasteiger partial charge in [0.25, 0.3) is 5.91 Å². The highest BCUT2D eigenvalue weighted by molar-refractivity contribution is 6.05. The molecule has 0 radical (unpaired) electrons. The Morgan fingerprint density at radius 3 is 2.23 bits per heavy atom. The van der Waals surface area contributed by atoms with E-state index in [1.54, 1.807) is 26.9 Å². The number of carbonyl (C=O) groups excluding carboxylic acids is 3. The Kier molecular flexibility index (Phi) is 10.9. The molecule has 3 fully saturated rings. The van der Waals surface area contributed by atoms with Gasteiger partial charge in [0, 0.05) is 57.3 Å². The van der Waals surface area contributed by atoms with Crippen LogP contribution in [0.3, 0.4) is 0 Å². The number of hydrogen-bond acceptors (Lipinski definition) is 6. The molecule has 4 rings (SSSR count). The summed E-state index contributed by atoms with van der Waals surface area (Å²) in [5.41, 5.74) is -0.102. The van der Waals surface area contributed by atoms with E-state index in [0.717, 1.165) is 30.9 Å². The molecule has 0 aliphatic carbocycles. The van der Waals surface area contributed by atoms with Gasteiger partial charge in [-0.25, -0.2) is 0 Å². The summed E-state index contributed by atoms with van der Waals surface area (Å²) in [4.78, 5) is 51.0. The number of aliphatic hydroxyl groups is 1. The molecule has 1 aromatic rings. The van der Waals surface area contributed by atoms with Crippen molar-refractivity contribution in [1.82, 2.24) is 9.80 Å². The minimum Gasteiger partial charge on any atom is -0.396 e. The number of fused-ring (bicyclic) bond motifs is 1. The molecule has 2 bridgehead atoms. The third-order valence-electron chi connectivity index (χ3n) is 10.0. The highest BCUT2D eigenvalue weighted by Crippen LogP contribution is 2.64. The van der Waals surface area contributed by atoms with Crippen LogP contribution in [0, 0.1) is 11.8 Å². The molecule has 1 aromatic carbocycles. The molecule has 242 valence electrons. The predicted octanol–water partition coefficient (Wildman–Crippen LogP) is 4.40. The molecule has 1 N–H and O–H groups in total. The Labute approximate surface area is 263 Å². The fraction of sp³-hybridized carbons (Fsp3) is 0.629. The largest absolute Gasteiger partial charge is 0.396 e. The van der Waals surface area contributed by atoms with Crippen molar-refractivity contribution in [3.63, 3.8) is 0 Å². The quantitative estimate of drug-likeness (QED) is 0.208. The fourth-order valence-electron chi connectivity index (χ4n) is 7.95. The molecule has 5 atom stereocenters. The molecule has 2 unspecified atom stereocenters. The number of carbonyl (C=O) groups is 3. The van der Waals surface area contributed by atoms with E-state index >= 15 is 0 Å². The minimum absolute atomic E-state index is 0.000772. The van der Waals surface area contributed by atoms with Gasteiger partial charge in [0.1, 0.15) is 11.6 Å². The van der Waals surface area contributed by atoms with Gasteiger partial charge in [-0.3, -0.25) is 14.4 Å². The Morgan fingerprint density at radius 1 is 1.00 bits per heavy atom. The van der Waals surface area contributed by atoms with Crippen molar-refractivity contribution in [3.05, 3.63) is 49.6 Å². The van der Waals surface area contributed by atoms with Crippen LogP contribution in [0.2, 0.25) is 0 Å². The number of rotatable bonds is 17. The number of aliphatic hydroxyl groups excluding tert-OH is 1. The molecular formula is C35H52N4O5. The summed E-state index contributed by atoms with van der Waals surface area (Å²) in [5, 5.41) is 9.52. The molecule has 0 saturated carbocycles. The first-order chi connectivity index (χ1) is 21.2. The molecular weight excluding hydrogens is 556 g/mol. The van der Waals surface area contributed by atoms with Crippen LogP contribution in [-0.4, -0.2) is 95.7 Å². The number of amides is 3. The lowest BCUT2D eigenvalue weighted by Gasteiger charge is -2.37. The number of hydrogen-bond donors (Lipinski definition) is 1. The van der Waals surface area contributed by atoms with Crippen molar-refractivity contribution in [1.29, 1.82) is 0 Å². The van der Waals surface area contributed by atoms with Crippen molar-refractivity contribution in [2.45, 2.75) is 83.5 Å². The fourth-order valence-corrected chi connectivity index (χ4v) is 7.95. The first-order valence-corrected chi connectivity index (χ1v) is 16.5. The average molecular weight is 609 g/mol. The van der Waals surface area contributed by atoms with Gasteiger partial charge < -0.3 is 29.4 Å². The van der Waals surface area contributed by atoms with Crippen LogP contribution in [-0.2, 0) is 19.1 Å². The normalized spacial score (nSPS) is 26.9. The monoisotopic (exact) mass is 608 g/mol. The average Bonchev–Trinajstić information content (AvgIpc) is 3.64. The molecule has 3 saturated heterocycles. The first-order valence-electron chi connectivity index (χ1n) is 16.5. The molecule has 3 heterocycles. The number of nitrogens with zero attached hydrogens (tertiary/aromatic N) is 4. The van der Waals surface area contributed by atoms with Crippen LogP contribution in [0.1, 0.15) is 66.2 Å². The van der Waals surface area contributed by atoms with Crippen molar-refractivity contribution in [2.24, 2.45) is 11.8 Å². The van der Waals surface area contributed by atoms with Gasteiger partial charge in [-0.1, -0.05) is 26.0 Å². The van der Waals surface area contributed by atoms with Crippen molar-refractivity contribution in [3.8, 4) is 0 Å². The summed E-state index contributed by atoms with van der Waals surface area (Å²) in [6.07, 6.45) is 6.99. The van der Waals surface area contributed by atoms with Crippen LogP contribution in [0.15, 0.2) is 49.6 Å². The number of benzene rings is 1. The second kappa shape index (κ2) is 14.3. The van der Waals surface area contributed by atoms with E-state index in [4.69, 9.17) is 4.74 Å². The van der Waals surface area contributed by atoms with Gasteiger partial charge in [-0.05, 0) is 76.6 Å². The van der Waals surface area contributed by atoms with Gasteiger partial charge in [0.2, 0.25) is 11.8 Å². The maximum Gasteiger partial charge on any atom is 0.253 e. The molecule has 0 aromatic heterocycles. The van der Waals surface area contributed by atoms with Gasteiger partial charge >= 0.3 is 0 Å². The first kappa shape index (κ1) is 33.7. The molecule has 3 aliphatic rings. The Balaban J connectivity index is 1.78. The number of ether oxygens (including phenoxy) is 1. The second-order valence-corrected chi connectivity index (χ2v) is 12.3. The molecule has 3 amide bonds. The Morgan fingerprint density at radius 2 is 1.66 bits per heavy atom. The van der Waals surface area contributed by atoms with E-state index in [-0.39, 0.29) is 30.9 Å². The molecule has 9 nitrogen and oxygen atoms in total. The Hall–Kier alpha value is -3.17. The number of anilines is 2. The topological polar surface area (TPSA) is 93.6 Å². The van der Waals surface area contributed by atoms with Crippen molar-refractivity contribution in [2.75, 3.05) is 55.7 Å². The van der Waals surface area contributed by atoms with Crippen LogP contribution in [0.5, 0.6) is 0 Å². The maximum absolute atomic E-state index is 14.8. The third-order valence-corrected chi connectivity index (χ3v) is 10.0. The van der Waals surface area contributed by atoms with Gasteiger partial charge in [-0.15, -0.1) is 13.2 Å². The van der Waals surface area contributed by atoms with Crippen LogP contribution >= 0.6 is 0 Å². The zero-order valence-corrected chi connectivity index (χ0v) is 27.2. The van der Waals surface area contributed by atoms with Crippen LogP contribution in [0.25, 0.3) is 0 Å². The lowest BCUT2D eigenvalue weighted by atomic mass is 9.64. The zero-order chi connectivity index (χ0) is 32.1. The number of unbranched alkanes of at least 4 members (excludes halogenated alkanes) is 1. The predicted molar refractivity (Wildman–Crippen MR) is 174 cm³/mol. The van der Waals surface area contributed by atoms with E-state index in [0.29, 0.717) is 51.7 Å². The van der Waals surface area contributed by atoms with Crippen LogP contribution in [0.4, 0.5) is 11.4 Å². The highest BCUT2D eigenvalue weighted by Gasteiger charge is 2.79. The minimum atomic E-state index is -1.10. The molecule has 44 heavy (non-hydrogen) atoms. The smallest absolute Gasteiger partial charge is 0.253 e. The highest BCUT2D eigenvalue weighted by atomic mass is 16.5. The van der Waals surface area contributed by atoms with E-state index in [1.807, 2.05) is 38.1 Å². The van der Waals surface area contributed by atoms with Gasteiger partial charge in [0.15, 0.2) is 0 Å². The van der Waals surface area contributed by atoms with E-state index in [9.17, 15) is 19.5 Å². The summed E-state index contributed by atoms with van der Waals surface area (Å²) < 4.78 is 6.98. The Bertz CT molecular complexity index is 1200. The maximum atomic E-state index is 14.8. The van der Waals surface area contributed by atoms with Crippen LogP contribution < -0.4 is 9.80 Å². The SMILES string of the molecule is C=CCN(CCC)C(=O)[C@@H]1[C@H]2C(=O)N(CCCCO)C(C(=O)N(CC=C)c3ccc(N(CC)CC)cc3)C23CC[C@@]1(CC)O3. The molecule has 1 spiro atoms. The van der Waals surface area contributed by atoms with Gasteiger partial charge in [0.05, 0.1) is 17.4 Å². The van der Waals surface area contributed by atoms with E-state index in [2.05, 4.69) is 31.9 Å². The van der Waals surface area contributed by atoms with E-state index < -0.39 is 29.1 Å². The van der Waals surface area contributed by atoms with Gasteiger partial charge in [-0.2, -0.15) is 0 Å². The zero-order valence-electron chi connectivity index (χ0n) is 27.2. The summed E-state index contributed by atoms with van der Waals surface area (Å²) in [7, 11) is 0. The summed E-state index contributed by atoms with van der Waals surface area (Å²) in [5.74, 6) is -1.92. The summed E-state index contributed by atoms with van der Waals surface area (Å²) in [6, 6.07) is 7.05. The second-order valence-electron chi connectivity index (χ2n) is 12.3. The summed E-state index contributed by atoms with van der Waals surface area (Å²) >= 11 is 0.